The molecule has 0 aliphatic rings. The molecule has 1 aromatic rings. The number of carbonyl (C=O) groups excluding carboxylic acids is 1. The van der Waals surface area contributed by atoms with Gasteiger partial charge in [0.05, 0.1) is 4.99 Å². The second kappa shape index (κ2) is 6.07. The predicted octanol–water partition coefficient (Wildman–Crippen LogP) is 1.98. The highest BCUT2D eigenvalue weighted by Gasteiger charge is 2.18. The Kier molecular flexibility index (Phi) is 5.02. The Hall–Kier alpha value is -1.01. The van der Waals surface area contributed by atoms with Crippen molar-refractivity contribution in [3.05, 3.63) is 28.5 Å². The number of nitrogens with zero attached hydrogens (tertiary/aromatic N) is 2. The van der Waals surface area contributed by atoms with Crippen LogP contribution in [0.3, 0.4) is 0 Å². The number of halogens is 1. The number of carbonyl (C=O) groups is 1. The van der Waals surface area contributed by atoms with Crippen LogP contribution in [-0.4, -0.2) is 33.9 Å². The van der Waals surface area contributed by atoms with Gasteiger partial charge in [0.2, 0.25) is 0 Å². The lowest BCUT2D eigenvalue weighted by Gasteiger charge is -2.24. The van der Waals surface area contributed by atoms with Gasteiger partial charge in [-0.3, -0.25) is 4.79 Å². The highest BCUT2D eigenvalue weighted by atomic mass is 79.9. The van der Waals surface area contributed by atoms with Gasteiger partial charge in [-0.1, -0.05) is 12.2 Å². The molecule has 2 N–H and O–H groups in total. The standard InChI is InChI=1S/C11H14BrN3OS/c1-7(5-10(13)17)15(2)11(16)9-4-3-8(12)6-14-9/h3-4,6-7H,5H2,1-2H3,(H2,13,17). The Morgan fingerprint density at radius 1 is 1.65 bits per heavy atom. The van der Waals surface area contributed by atoms with Crippen molar-refractivity contribution in [1.29, 1.82) is 0 Å². The second-order valence-electron chi connectivity index (χ2n) is 3.80. The number of nitrogens with two attached hydrogens (primary N) is 1. The lowest BCUT2D eigenvalue weighted by molar-refractivity contribution is 0.0742. The van der Waals surface area contributed by atoms with Crippen molar-refractivity contribution in [2.75, 3.05) is 7.05 Å². The highest BCUT2D eigenvalue weighted by Crippen LogP contribution is 2.11. The van der Waals surface area contributed by atoms with Crippen LogP contribution in [-0.2, 0) is 0 Å². The molecule has 0 aliphatic heterocycles. The van der Waals surface area contributed by atoms with Crippen LogP contribution in [0.2, 0.25) is 0 Å². The van der Waals surface area contributed by atoms with E-state index in [1.54, 1.807) is 30.3 Å². The monoisotopic (exact) mass is 315 g/mol. The Bertz CT molecular complexity index is 421. The summed E-state index contributed by atoms with van der Waals surface area (Å²) in [6, 6.07) is 3.42. The molecule has 6 heteroatoms. The maximum Gasteiger partial charge on any atom is 0.272 e. The summed E-state index contributed by atoms with van der Waals surface area (Å²) in [5.74, 6) is -0.138. The Morgan fingerprint density at radius 3 is 2.76 bits per heavy atom. The molecular formula is C11H14BrN3OS. The molecule has 92 valence electrons. The number of thiocarbonyl (C=S) groups is 1. The Balaban J connectivity index is 2.75. The molecule has 1 unspecified atom stereocenters. The average Bonchev–Trinajstić information content (AvgIpc) is 2.27. The van der Waals surface area contributed by atoms with E-state index in [2.05, 4.69) is 20.9 Å². The van der Waals surface area contributed by atoms with E-state index in [4.69, 9.17) is 18.0 Å². The fraction of sp³-hybridized carbons (Fsp3) is 0.364. The van der Waals surface area contributed by atoms with Crippen molar-refractivity contribution in [3.63, 3.8) is 0 Å². The average molecular weight is 316 g/mol. The molecule has 0 aromatic carbocycles. The van der Waals surface area contributed by atoms with E-state index in [-0.39, 0.29) is 11.9 Å². The van der Waals surface area contributed by atoms with Gasteiger partial charge in [-0.15, -0.1) is 0 Å². The molecule has 0 saturated heterocycles. The van der Waals surface area contributed by atoms with Gasteiger partial charge in [-0.2, -0.15) is 0 Å². The van der Waals surface area contributed by atoms with Gasteiger partial charge in [0.15, 0.2) is 0 Å². The van der Waals surface area contributed by atoms with E-state index in [9.17, 15) is 4.79 Å². The molecule has 0 bridgehead atoms. The van der Waals surface area contributed by atoms with E-state index < -0.39 is 0 Å². The fourth-order valence-corrected chi connectivity index (χ4v) is 1.79. The quantitative estimate of drug-likeness (QED) is 0.863. The van der Waals surface area contributed by atoms with E-state index >= 15 is 0 Å². The minimum atomic E-state index is -0.138. The molecule has 0 radical (unpaired) electrons. The summed E-state index contributed by atoms with van der Waals surface area (Å²) in [4.78, 5) is 18.1. The largest absolute Gasteiger partial charge is 0.393 e. The zero-order chi connectivity index (χ0) is 13.0. The molecule has 1 atom stereocenters. The van der Waals surface area contributed by atoms with E-state index in [0.717, 1.165) is 4.47 Å². The molecule has 0 saturated carbocycles. The second-order valence-corrected chi connectivity index (χ2v) is 5.24. The van der Waals surface area contributed by atoms with E-state index in [0.29, 0.717) is 17.1 Å². The molecule has 1 heterocycles. The first-order valence-corrected chi connectivity index (χ1v) is 6.29. The van der Waals surface area contributed by atoms with Gasteiger partial charge in [-0.05, 0) is 35.0 Å². The highest BCUT2D eigenvalue weighted by molar-refractivity contribution is 9.10. The number of hydrogen-bond acceptors (Lipinski definition) is 3. The normalized spacial score (nSPS) is 11.9. The van der Waals surface area contributed by atoms with Gasteiger partial charge in [0.25, 0.3) is 5.91 Å². The maximum atomic E-state index is 12.0. The fourth-order valence-electron chi connectivity index (χ4n) is 1.31. The summed E-state index contributed by atoms with van der Waals surface area (Å²) in [5.41, 5.74) is 5.87. The summed E-state index contributed by atoms with van der Waals surface area (Å²) in [5, 5.41) is 0. The van der Waals surface area contributed by atoms with Crippen LogP contribution in [0.15, 0.2) is 22.8 Å². The SMILES string of the molecule is CC(CC(N)=S)N(C)C(=O)c1ccc(Br)cn1. The number of pyridine rings is 1. The smallest absolute Gasteiger partial charge is 0.272 e. The minimum absolute atomic E-state index is 0.0366. The van der Waals surface area contributed by atoms with Crippen LogP contribution in [0.1, 0.15) is 23.8 Å². The first-order valence-electron chi connectivity index (χ1n) is 5.09. The molecule has 0 spiro atoms. The Morgan fingerprint density at radius 2 is 2.29 bits per heavy atom. The number of rotatable bonds is 4. The zero-order valence-electron chi connectivity index (χ0n) is 9.68. The molecule has 17 heavy (non-hydrogen) atoms. The van der Waals surface area contributed by atoms with Gasteiger partial charge < -0.3 is 10.6 Å². The molecule has 1 aromatic heterocycles. The van der Waals surface area contributed by atoms with Gasteiger partial charge >= 0.3 is 0 Å². The summed E-state index contributed by atoms with van der Waals surface area (Å²) in [6.07, 6.45) is 2.10. The summed E-state index contributed by atoms with van der Waals surface area (Å²) < 4.78 is 0.841. The lowest BCUT2D eigenvalue weighted by Crippen LogP contribution is -2.37. The number of hydrogen-bond donors (Lipinski definition) is 1. The third kappa shape index (κ3) is 4.05. The molecule has 0 aliphatic carbocycles. The predicted molar refractivity (Wildman–Crippen MR) is 74.9 cm³/mol. The van der Waals surface area contributed by atoms with Crippen molar-refractivity contribution < 1.29 is 4.79 Å². The molecule has 0 fully saturated rings. The van der Waals surface area contributed by atoms with Crippen molar-refractivity contribution in [3.8, 4) is 0 Å². The number of aromatic nitrogens is 1. The minimum Gasteiger partial charge on any atom is -0.393 e. The molecule has 4 nitrogen and oxygen atoms in total. The van der Waals surface area contributed by atoms with E-state index in [1.807, 2.05) is 6.92 Å². The maximum absolute atomic E-state index is 12.0. The van der Waals surface area contributed by atoms with Crippen LogP contribution in [0.4, 0.5) is 0 Å². The zero-order valence-corrected chi connectivity index (χ0v) is 12.1. The summed E-state index contributed by atoms with van der Waals surface area (Å²) >= 11 is 8.10. The van der Waals surface area contributed by atoms with Gasteiger partial charge in [0.1, 0.15) is 5.69 Å². The molecule has 1 rings (SSSR count). The van der Waals surface area contributed by atoms with Crippen LogP contribution in [0.5, 0.6) is 0 Å². The van der Waals surface area contributed by atoms with Gasteiger partial charge in [0, 0.05) is 30.2 Å². The van der Waals surface area contributed by atoms with Crippen LogP contribution in [0.25, 0.3) is 0 Å². The molecular weight excluding hydrogens is 302 g/mol. The van der Waals surface area contributed by atoms with Gasteiger partial charge in [-0.25, -0.2) is 4.98 Å². The van der Waals surface area contributed by atoms with Crippen molar-refractivity contribution in [2.45, 2.75) is 19.4 Å². The van der Waals surface area contributed by atoms with Crippen LogP contribution < -0.4 is 5.73 Å². The first kappa shape index (κ1) is 14.1. The lowest BCUT2D eigenvalue weighted by atomic mass is 10.2. The Labute approximate surface area is 114 Å². The van der Waals surface area contributed by atoms with Crippen molar-refractivity contribution in [2.24, 2.45) is 5.73 Å². The third-order valence-electron chi connectivity index (χ3n) is 2.42. The number of amides is 1. The third-order valence-corrected chi connectivity index (χ3v) is 3.06. The first-order chi connectivity index (χ1) is 7.91. The van der Waals surface area contributed by atoms with Crippen LogP contribution in [0, 0.1) is 0 Å². The van der Waals surface area contributed by atoms with Crippen molar-refractivity contribution >= 4 is 39.0 Å². The van der Waals surface area contributed by atoms with E-state index in [1.165, 1.54) is 0 Å². The van der Waals surface area contributed by atoms with Crippen LogP contribution >= 0.6 is 28.1 Å². The molecule has 1 amide bonds. The summed E-state index contributed by atoms with van der Waals surface area (Å²) in [6.45, 7) is 1.90. The van der Waals surface area contributed by atoms with Crippen molar-refractivity contribution in [1.82, 2.24) is 9.88 Å². The topological polar surface area (TPSA) is 59.2 Å². The summed E-state index contributed by atoms with van der Waals surface area (Å²) in [7, 11) is 1.72.